The highest BCUT2D eigenvalue weighted by molar-refractivity contribution is 6.35. The van der Waals surface area contributed by atoms with Crippen molar-refractivity contribution in [2.45, 2.75) is 25.5 Å². The summed E-state index contributed by atoms with van der Waals surface area (Å²) in [6.07, 6.45) is 0. The highest BCUT2D eigenvalue weighted by Crippen LogP contribution is 2.47. The molecule has 208 valence electrons. The number of carbonyl (C=O) groups excluding carboxylic acids is 3. The third kappa shape index (κ3) is 5.98. The maximum Gasteiger partial charge on any atom is 0.338 e. The number of carbonyl (C=O) groups is 3. The van der Waals surface area contributed by atoms with Gasteiger partial charge in [-0.3, -0.25) is 19.3 Å². The molecule has 9 heteroatoms. The average molecular weight is 589 g/mol. The summed E-state index contributed by atoms with van der Waals surface area (Å²) < 4.78 is 5.18. The standard InChI is InChI=1S/C32H26Cl2N2O5/c1-2-40-32(39)21-11-8-12-23(17-21)36-29(26-16-15-22(33)18-27(26)34)28(24-13-6-7-14-25(24)31(36)38)30(37)35-41-19-20-9-4-3-5-10-20/h3-18,28-29H,2,19H2,1H3,(H,35,37)/t28-,29+/m1/s1. The molecule has 0 saturated carbocycles. The van der Waals surface area contributed by atoms with Gasteiger partial charge in [0.05, 0.1) is 30.7 Å². The second-order valence-electron chi connectivity index (χ2n) is 9.36. The van der Waals surface area contributed by atoms with Crippen LogP contribution < -0.4 is 10.4 Å². The first-order valence-electron chi connectivity index (χ1n) is 13.0. The maximum absolute atomic E-state index is 14.1. The van der Waals surface area contributed by atoms with Gasteiger partial charge in [-0.2, -0.15) is 0 Å². The predicted molar refractivity (Wildman–Crippen MR) is 157 cm³/mol. The van der Waals surface area contributed by atoms with Crippen molar-refractivity contribution in [1.29, 1.82) is 0 Å². The molecule has 2 atom stereocenters. The van der Waals surface area contributed by atoms with Crippen molar-refractivity contribution in [1.82, 2.24) is 5.48 Å². The molecule has 5 rings (SSSR count). The van der Waals surface area contributed by atoms with Crippen LogP contribution in [0.5, 0.6) is 0 Å². The Balaban J connectivity index is 1.62. The molecule has 4 aromatic rings. The van der Waals surface area contributed by atoms with Crippen molar-refractivity contribution in [3.63, 3.8) is 0 Å². The quantitative estimate of drug-likeness (QED) is 0.179. The molecule has 1 aliphatic heterocycles. The fraction of sp³-hybridized carbons (Fsp3) is 0.156. The normalized spacial score (nSPS) is 16.2. The second-order valence-corrected chi connectivity index (χ2v) is 10.2. The third-order valence-electron chi connectivity index (χ3n) is 6.79. The average Bonchev–Trinajstić information content (AvgIpc) is 2.98. The van der Waals surface area contributed by atoms with Crippen LogP contribution in [0.4, 0.5) is 5.69 Å². The summed E-state index contributed by atoms with van der Waals surface area (Å²) in [5.74, 6) is -2.27. The first-order chi connectivity index (χ1) is 19.9. The zero-order chi connectivity index (χ0) is 28.9. The summed E-state index contributed by atoms with van der Waals surface area (Å²) in [6.45, 7) is 2.07. The Bertz CT molecular complexity index is 1590. The van der Waals surface area contributed by atoms with Crippen LogP contribution in [0.1, 0.15) is 56.3 Å². The lowest BCUT2D eigenvalue weighted by molar-refractivity contribution is -0.136. The van der Waals surface area contributed by atoms with Crippen molar-refractivity contribution in [3.05, 3.63) is 135 Å². The number of nitrogens with zero attached hydrogens (tertiary/aromatic N) is 1. The van der Waals surface area contributed by atoms with Gasteiger partial charge in [-0.05, 0) is 60.0 Å². The number of ether oxygens (including phenoxy) is 1. The SMILES string of the molecule is CCOC(=O)c1cccc(N2C(=O)c3ccccc3[C@@H](C(=O)NOCc3ccccc3)[C@@H]2c2ccc(Cl)cc2Cl)c1. The molecule has 0 aromatic heterocycles. The number of fused-ring (bicyclic) bond motifs is 1. The molecule has 1 heterocycles. The van der Waals surface area contributed by atoms with Crippen LogP contribution in [-0.4, -0.2) is 24.4 Å². The molecule has 1 N–H and O–H groups in total. The molecule has 41 heavy (non-hydrogen) atoms. The molecule has 0 bridgehead atoms. The fourth-order valence-electron chi connectivity index (χ4n) is 4.99. The smallest absolute Gasteiger partial charge is 0.338 e. The number of anilines is 1. The summed E-state index contributed by atoms with van der Waals surface area (Å²) in [6, 6.07) is 26.9. The van der Waals surface area contributed by atoms with Crippen LogP contribution in [0.15, 0.2) is 97.1 Å². The first-order valence-corrected chi connectivity index (χ1v) is 13.7. The molecular formula is C32H26Cl2N2O5. The number of halogens is 2. The van der Waals surface area contributed by atoms with E-state index in [9.17, 15) is 14.4 Å². The summed E-state index contributed by atoms with van der Waals surface area (Å²) in [5.41, 5.74) is 5.50. The van der Waals surface area contributed by atoms with E-state index in [1.54, 1.807) is 73.7 Å². The van der Waals surface area contributed by atoms with Gasteiger partial charge in [0.1, 0.15) is 0 Å². The zero-order valence-corrected chi connectivity index (χ0v) is 23.6. The molecular weight excluding hydrogens is 563 g/mol. The number of benzene rings is 4. The first kappa shape index (κ1) is 28.4. The molecule has 0 unspecified atom stereocenters. The van der Waals surface area contributed by atoms with Gasteiger partial charge in [0.25, 0.3) is 11.8 Å². The van der Waals surface area contributed by atoms with Crippen molar-refractivity contribution in [2.24, 2.45) is 0 Å². The Morgan fingerprint density at radius 1 is 0.878 bits per heavy atom. The molecule has 2 amide bonds. The molecule has 0 aliphatic carbocycles. The molecule has 0 saturated heterocycles. The van der Waals surface area contributed by atoms with Crippen molar-refractivity contribution < 1.29 is 24.0 Å². The molecule has 0 radical (unpaired) electrons. The summed E-state index contributed by atoms with van der Waals surface area (Å²) in [5, 5.41) is 0.688. The summed E-state index contributed by atoms with van der Waals surface area (Å²) in [7, 11) is 0. The third-order valence-corrected chi connectivity index (χ3v) is 7.35. The van der Waals surface area contributed by atoms with Gasteiger partial charge in [0, 0.05) is 21.3 Å². The van der Waals surface area contributed by atoms with Gasteiger partial charge in [0.15, 0.2) is 0 Å². The van der Waals surface area contributed by atoms with Gasteiger partial charge < -0.3 is 4.74 Å². The van der Waals surface area contributed by atoms with E-state index < -0.39 is 23.8 Å². The van der Waals surface area contributed by atoms with Crippen LogP contribution >= 0.6 is 23.2 Å². The highest BCUT2D eigenvalue weighted by atomic mass is 35.5. The number of nitrogens with one attached hydrogen (secondary N) is 1. The monoisotopic (exact) mass is 588 g/mol. The lowest BCUT2D eigenvalue weighted by atomic mass is 9.79. The minimum absolute atomic E-state index is 0.150. The number of amides is 2. The topological polar surface area (TPSA) is 84.9 Å². The molecule has 0 fully saturated rings. The van der Waals surface area contributed by atoms with Crippen LogP contribution in [0.25, 0.3) is 0 Å². The lowest BCUT2D eigenvalue weighted by Crippen LogP contribution is -2.47. The molecule has 0 spiro atoms. The zero-order valence-electron chi connectivity index (χ0n) is 22.1. The fourth-order valence-corrected chi connectivity index (χ4v) is 5.51. The van der Waals surface area contributed by atoms with Crippen LogP contribution in [0.3, 0.4) is 0 Å². The maximum atomic E-state index is 14.1. The summed E-state index contributed by atoms with van der Waals surface area (Å²) >= 11 is 12.9. The Hall–Kier alpha value is -4.17. The Morgan fingerprint density at radius 3 is 2.39 bits per heavy atom. The van der Waals surface area contributed by atoms with E-state index in [0.29, 0.717) is 27.4 Å². The number of hydrogen-bond donors (Lipinski definition) is 1. The van der Waals surface area contributed by atoms with Gasteiger partial charge >= 0.3 is 5.97 Å². The Labute approximate surface area is 247 Å². The van der Waals surface area contributed by atoms with E-state index in [2.05, 4.69) is 5.48 Å². The van der Waals surface area contributed by atoms with Gasteiger partial charge in [0.2, 0.25) is 0 Å². The van der Waals surface area contributed by atoms with Crippen molar-refractivity contribution in [3.8, 4) is 0 Å². The van der Waals surface area contributed by atoms with Crippen molar-refractivity contribution in [2.75, 3.05) is 11.5 Å². The lowest BCUT2D eigenvalue weighted by Gasteiger charge is -2.42. The minimum atomic E-state index is -0.926. The van der Waals surface area contributed by atoms with E-state index in [1.807, 2.05) is 30.3 Å². The number of esters is 1. The van der Waals surface area contributed by atoms with Crippen LogP contribution in [0.2, 0.25) is 10.0 Å². The Kier molecular flexibility index (Phi) is 8.69. The highest BCUT2D eigenvalue weighted by Gasteiger charge is 2.46. The predicted octanol–water partition coefficient (Wildman–Crippen LogP) is 6.90. The van der Waals surface area contributed by atoms with E-state index >= 15 is 0 Å². The van der Waals surface area contributed by atoms with E-state index in [4.69, 9.17) is 32.8 Å². The largest absolute Gasteiger partial charge is 0.462 e. The second kappa shape index (κ2) is 12.6. The van der Waals surface area contributed by atoms with E-state index in [1.165, 1.54) is 4.90 Å². The van der Waals surface area contributed by atoms with E-state index in [0.717, 1.165) is 5.56 Å². The van der Waals surface area contributed by atoms with E-state index in [-0.39, 0.29) is 29.7 Å². The van der Waals surface area contributed by atoms with Gasteiger partial charge in [-0.15, -0.1) is 0 Å². The number of hydrogen-bond acceptors (Lipinski definition) is 5. The van der Waals surface area contributed by atoms with Gasteiger partial charge in [-0.25, -0.2) is 10.3 Å². The molecule has 1 aliphatic rings. The Morgan fingerprint density at radius 2 is 1.63 bits per heavy atom. The molecule has 7 nitrogen and oxygen atoms in total. The van der Waals surface area contributed by atoms with Crippen LogP contribution in [0, 0.1) is 0 Å². The number of rotatable bonds is 8. The summed E-state index contributed by atoms with van der Waals surface area (Å²) in [4.78, 5) is 47.7. The minimum Gasteiger partial charge on any atom is -0.462 e. The number of hydroxylamine groups is 1. The van der Waals surface area contributed by atoms with Gasteiger partial charge in [-0.1, -0.05) is 83.9 Å². The van der Waals surface area contributed by atoms with Crippen molar-refractivity contribution >= 4 is 46.7 Å². The van der Waals surface area contributed by atoms with Crippen LogP contribution in [-0.2, 0) is 21.0 Å². The molecule has 4 aromatic carbocycles.